The monoisotopic (exact) mass is 246 g/mol. The van der Waals surface area contributed by atoms with Crippen molar-refractivity contribution in [2.45, 2.75) is 13.0 Å². The third-order valence-electron chi connectivity index (χ3n) is 3.14. The molecule has 1 aliphatic rings. The Morgan fingerprint density at radius 3 is 2.78 bits per heavy atom. The lowest BCUT2D eigenvalue weighted by Crippen LogP contribution is -2.24. The normalized spacial score (nSPS) is 14.3. The highest BCUT2D eigenvalue weighted by atomic mass is 19.2. The second-order valence-corrected chi connectivity index (χ2v) is 4.36. The number of nitrogens with one attached hydrogen (secondary N) is 1. The number of halogens is 2. The summed E-state index contributed by atoms with van der Waals surface area (Å²) >= 11 is 0. The van der Waals surface area contributed by atoms with Gasteiger partial charge in [-0.15, -0.1) is 0 Å². The van der Waals surface area contributed by atoms with Gasteiger partial charge in [0.25, 0.3) is 0 Å². The minimum absolute atomic E-state index is 0.607. The number of pyridine rings is 1. The van der Waals surface area contributed by atoms with Crippen LogP contribution in [0.1, 0.15) is 11.3 Å². The molecule has 0 radical (unpaired) electrons. The number of rotatable bonds is 1. The Balaban J connectivity index is 2.03. The summed E-state index contributed by atoms with van der Waals surface area (Å²) in [6.07, 6.45) is 0.868. The molecule has 0 amide bonds. The molecule has 0 bridgehead atoms. The predicted octanol–water partition coefficient (Wildman–Crippen LogP) is 2.67. The molecule has 3 rings (SSSR count). The minimum atomic E-state index is -0.839. The number of fused-ring (bicyclic) bond motifs is 1. The maximum Gasteiger partial charge on any atom is 0.159 e. The van der Waals surface area contributed by atoms with Crippen LogP contribution < -0.4 is 5.32 Å². The van der Waals surface area contributed by atoms with Crippen molar-refractivity contribution in [1.82, 2.24) is 10.3 Å². The average molecular weight is 246 g/mol. The quantitative estimate of drug-likeness (QED) is 0.836. The number of benzene rings is 1. The molecule has 4 heteroatoms. The van der Waals surface area contributed by atoms with Gasteiger partial charge in [-0.1, -0.05) is 6.07 Å². The van der Waals surface area contributed by atoms with Crippen LogP contribution in [-0.4, -0.2) is 11.5 Å². The number of hydrogen-bond acceptors (Lipinski definition) is 2. The molecule has 1 aliphatic heterocycles. The van der Waals surface area contributed by atoms with Crippen molar-refractivity contribution in [2.75, 3.05) is 6.54 Å². The van der Waals surface area contributed by atoms with Crippen LogP contribution in [0.15, 0.2) is 30.3 Å². The molecule has 0 fully saturated rings. The third-order valence-corrected chi connectivity index (χ3v) is 3.14. The summed E-state index contributed by atoms with van der Waals surface area (Å²) < 4.78 is 26.1. The minimum Gasteiger partial charge on any atom is -0.312 e. The van der Waals surface area contributed by atoms with Crippen LogP contribution in [0.5, 0.6) is 0 Å². The van der Waals surface area contributed by atoms with Gasteiger partial charge in [0.05, 0.1) is 5.69 Å². The van der Waals surface area contributed by atoms with Gasteiger partial charge >= 0.3 is 0 Å². The first-order valence-electron chi connectivity index (χ1n) is 5.89. The zero-order valence-electron chi connectivity index (χ0n) is 9.71. The molecule has 0 spiro atoms. The van der Waals surface area contributed by atoms with E-state index in [-0.39, 0.29) is 0 Å². The van der Waals surface area contributed by atoms with Crippen molar-refractivity contribution >= 4 is 0 Å². The number of nitrogens with zero attached hydrogens (tertiary/aromatic N) is 1. The zero-order valence-corrected chi connectivity index (χ0v) is 9.71. The first-order chi connectivity index (χ1) is 8.74. The zero-order chi connectivity index (χ0) is 12.5. The van der Waals surface area contributed by atoms with Gasteiger partial charge in [-0.3, -0.25) is 4.98 Å². The maximum atomic E-state index is 13.2. The number of hydrogen-bond donors (Lipinski definition) is 1. The van der Waals surface area contributed by atoms with Crippen molar-refractivity contribution in [1.29, 1.82) is 0 Å². The molecule has 0 saturated heterocycles. The summed E-state index contributed by atoms with van der Waals surface area (Å²) in [5.41, 5.74) is 3.51. The number of aromatic nitrogens is 1. The van der Waals surface area contributed by atoms with E-state index in [0.717, 1.165) is 31.3 Å². The molecule has 0 saturated carbocycles. The molecule has 0 unspecified atom stereocenters. The van der Waals surface area contributed by atoms with Crippen LogP contribution in [0.25, 0.3) is 11.3 Å². The van der Waals surface area contributed by atoms with Crippen molar-refractivity contribution in [3.8, 4) is 11.3 Å². The fourth-order valence-electron chi connectivity index (χ4n) is 2.15. The Morgan fingerprint density at radius 1 is 1.06 bits per heavy atom. The lowest BCUT2D eigenvalue weighted by Gasteiger charge is -2.16. The molecule has 1 N–H and O–H groups in total. The van der Waals surface area contributed by atoms with E-state index in [2.05, 4.69) is 10.3 Å². The van der Waals surface area contributed by atoms with Crippen molar-refractivity contribution in [2.24, 2.45) is 0 Å². The second-order valence-electron chi connectivity index (χ2n) is 4.36. The standard InChI is InChI=1S/C14H12F2N2/c15-11-3-1-9(7-12(11)16)13-4-2-10-8-17-6-5-14(10)18-13/h1-4,7,17H,5-6,8H2. The molecule has 2 heterocycles. The summed E-state index contributed by atoms with van der Waals surface area (Å²) in [6.45, 7) is 1.72. The van der Waals surface area contributed by atoms with E-state index in [1.54, 1.807) is 6.07 Å². The molecule has 92 valence electrons. The molecule has 18 heavy (non-hydrogen) atoms. The van der Waals surface area contributed by atoms with Crippen molar-refractivity contribution in [3.63, 3.8) is 0 Å². The van der Waals surface area contributed by atoms with E-state index in [9.17, 15) is 8.78 Å². The molecule has 0 aliphatic carbocycles. The highest BCUT2D eigenvalue weighted by Gasteiger charge is 2.12. The van der Waals surface area contributed by atoms with E-state index in [0.29, 0.717) is 11.3 Å². The van der Waals surface area contributed by atoms with Crippen LogP contribution in [0.3, 0.4) is 0 Å². The molecule has 2 aromatic rings. The van der Waals surface area contributed by atoms with E-state index in [1.165, 1.54) is 11.6 Å². The van der Waals surface area contributed by atoms with Gasteiger partial charge in [0.2, 0.25) is 0 Å². The fourth-order valence-corrected chi connectivity index (χ4v) is 2.15. The van der Waals surface area contributed by atoms with E-state index >= 15 is 0 Å². The molecular weight excluding hydrogens is 234 g/mol. The average Bonchev–Trinajstić information content (AvgIpc) is 2.41. The third kappa shape index (κ3) is 1.99. The topological polar surface area (TPSA) is 24.9 Å². The van der Waals surface area contributed by atoms with Gasteiger partial charge in [-0.05, 0) is 29.8 Å². The molecular formula is C14H12F2N2. The fraction of sp³-hybridized carbons (Fsp3) is 0.214. The van der Waals surface area contributed by atoms with Gasteiger partial charge in [-0.2, -0.15) is 0 Å². The lowest BCUT2D eigenvalue weighted by atomic mass is 10.0. The second kappa shape index (κ2) is 4.46. The lowest BCUT2D eigenvalue weighted by molar-refractivity contribution is 0.509. The van der Waals surface area contributed by atoms with Crippen LogP contribution in [0.4, 0.5) is 8.78 Å². The van der Waals surface area contributed by atoms with Gasteiger partial charge in [0.1, 0.15) is 0 Å². The maximum absolute atomic E-state index is 13.2. The van der Waals surface area contributed by atoms with Crippen LogP contribution >= 0.6 is 0 Å². The van der Waals surface area contributed by atoms with Gasteiger partial charge in [0.15, 0.2) is 11.6 Å². The van der Waals surface area contributed by atoms with Crippen molar-refractivity contribution in [3.05, 3.63) is 53.2 Å². The Bertz CT molecular complexity index is 596. The molecule has 1 aromatic heterocycles. The SMILES string of the molecule is Fc1ccc(-c2ccc3c(n2)CCNC3)cc1F. The Labute approximate surface area is 104 Å². The highest BCUT2D eigenvalue weighted by molar-refractivity contribution is 5.59. The summed E-state index contributed by atoms with van der Waals surface area (Å²) in [5, 5.41) is 3.27. The molecule has 0 atom stereocenters. The Morgan fingerprint density at radius 2 is 1.94 bits per heavy atom. The Kier molecular flexibility index (Phi) is 2.80. The summed E-state index contributed by atoms with van der Waals surface area (Å²) in [6, 6.07) is 7.70. The summed E-state index contributed by atoms with van der Waals surface area (Å²) in [5.74, 6) is -1.67. The molecule has 2 nitrogen and oxygen atoms in total. The smallest absolute Gasteiger partial charge is 0.159 e. The first kappa shape index (κ1) is 11.3. The highest BCUT2D eigenvalue weighted by Crippen LogP contribution is 2.22. The van der Waals surface area contributed by atoms with Crippen LogP contribution in [0.2, 0.25) is 0 Å². The molecule has 1 aromatic carbocycles. The van der Waals surface area contributed by atoms with E-state index in [4.69, 9.17) is 0 Å². The van der Waals surface area contributed by atoms with Gasteiger partial charge < -0.3 is 5.32 Å². The largest absolute Gasteiger partial charge is 0.312 e. The van der Waals surface area contributed by atoms with Gasteiger partial charge in [0, 0.05) is 30.8 Å². The van der Waals surface area contributed by atoms with E-state index < -0.39 is 11.6 Å². The Hall–Kier alpha value is -1.81. The van der Waals surface area contributed by atoms with Gasteiger partial charge in [-0.25, -0.2) is 8.78 Å². The predicted molar refractivity (Wildman–Crippen MR) is 65.0 cm³/mol. The van der Waals surface area contributed by atoms with Crippen molar-refractivity contribution < 1.29 is 8.78 Å². The van der Waals surface area contributed by atoms with E-state index in [1.807, 2.05) is 12.1 Å². The van der Waals surface area contributed by atoms with Crippen LogP contribution in [0, 0.1) is 11.6 Å². The summed E-state index contributed by atoms with van der Waals surface area (Å²) in [7, 11) is 0. The summed E-state index contributed by atoms with van der Waals surface area (Å²) in [4.78, 5) is 4.53. The first-order valence-corrected chi connectivity index (χ1v) is 5.89. The van der Waals surface area contributed by atoms with Crippen LogP contribution in [-0.2, 0) is 13.0 Å².